The number of carbonyl (C=O) groups excluding carboxylic acids is 2. The van der Waals surface area contributed by atoms with Crippen LogP contribution in [-0.2, 0) is 22.6 Å². The molecule has 0 unspecified atom stereocenters. The summed E-state index contributed by atoms with van der Waals surface area (Å²) in [6.45, 7) is 0.392. The summed E-state index contributed by atoms with van der Waals surface area (Å²) in [5, 5.41) is 12.2. The van der Waals surface area contributed by atoms with E-state index in [0.29, 0.717) is 19.4 Å². The molecule has 7 heteroatoms. The Morgan fingerprint density at radius 1 is 1.23 bits per heavy atom. The first kappa shape index (κ1) is 20.0. The van der Waals surface area contributed by atoms with E-state index in [1.165, 1.54) is 0 Å². The third-order valence-corrected chi connectivity index (χ3v) is 5.83. The second-order valence-corrected chi connectivity index (χ2v) is 7.65. The van der Waals surface area contributed by atoms with Crippen LogP contribution in [-0.4, -0.2) is 35.1 Å². The number of aromatic nitrogens is 2. The highest BCUT2D eigenvalue weighted by Crippen LogP contribution is 2.33. The molecule has 4 rings (SSSR count). The molecular weight excluding hydrogens is 378 g/mol. The lowest BCUT2D eigenvalue weighted by Crippen LogP contribution is -2.44. The summed E-state index contributed by atoms with van der Waals surface area (Å²) in [4.78, 5) is 27.2. The van der Waals surface area contributed by atoms with Crippen LogP contribution in [0.25, 0.3) is 10.9 Å². The average molecular weight is 403 g/mol. The van der Waals surface area contributed by atoms with Gasteiger partial charge in [-0.05, 0) is 44.0 Å². The number of amides is 2. The first-order valence-corrected chi connectivity index (χ1v) is 10.1. The van der Waals surface area contributed by atoms with Crippen LogP contribution in [0.1, 0.15) is 24.0 Å². The van der Waals surface area contributed by atoms with Crippen LogP contribution in [0.3, 0.4) is 0 Å². The number of anilines is 1. The lowest BCUT2D eigenvalue weighted by Gasteiger charge is -2.27. The van der Waals surface area contributed by atoms with E-state index in [2.05, 4.69) is 21.6 Å². The number of fused-ring (bicyclic) bond motifs is 2. The second-order valence-electron chi connectivity index (χ2n) is 7.65. The summed E-state index contributed by atoms with van der Waals surface area (Å²) in [7, 11) is 1.69. The van der Waals surface area contributed by atoms with Crippen molar-refractivity contribution in [2.24, 2.45) is 11.7 Å². The van der Waals surface area contributed by atoms with Crippen LogP contribution in [0.15, 0.2) is 54.7 Å². The lowest BCUT2D eigenvalue weighted by molar-refractivity contribution is -0.124. The molecule has 0 bridgehead atoms. The van der Waals surface area contributed by atoms with Crippen LogP contribution in [0, 0.1) is 5.92 Å². The van der Waals surface area contributed by atoms with Crippen molar-refractivity contribution in [3.8, 4) is 0 Å². The molecular formula is C23H25N5O2. The monoisotopic (exact) mass is 403 g/mol. The summed E-state index contributed by atoms with van der Waals surface area (Å²) in [6.07, 6.45) is 3.54. The molecule has 0 aliphatic carbocycles. The van der Waals surface area contributed by atoms with E-state index in [1.54, 1.807) is 13.2 Å². The van der Waals surface area contributed by atoms with Crippen molar-refractivity contribution in [2.45, 2.75) is 31.8 Å². The number of aryl methyl sites for hydroxylation is 1. The Morgan fingerprint density at radius 2 is 2.00 bits per heavy atom. The standard InChI is InChI=1S/C23H25N5O2/c1-25-20(22(24)29)12-16-11-10-15-6-2-5-9-21(15)28(23(16)30)14-17-13-26-27-19-8-4-3-7-18(17)19/h2-9,13,16,20,25H,10-12,14H2,1H3,(H2,24,29)/t16-,20-/m0/s1. The van der Waals surface area contributed by atoms with Gasteiger partial charge >= 0.3 is 0 Å². The van der Waals surface area contributed by atoms with Gasteiger partial charge in [-0.25, -0.2) is 0 Å². The summed E-state index contributed by atoms with van der Waals surface area (Å²) in [5.74, 6) is -0.742. The summed E-state index contributed by atoms with van der Waals surface area (Å²) in [6, 6.07) is 15.2. The van der Waals surface area contributed by atoms with Crippen LogP contribution < -0.4 is 16.0 Å². The van der Waals surface area contributed by atoms with E-state index in [-0.39, 0.29) is 11.8 Å². The van der Waals surface area contributed by atoms with Crippen LogP contribution >= 0.6 is 0 Å². The Morgan fingerprint density at radius 3 is 2.80 bits per heavy atom. The van der Waals surface area contributed by atoms with Crippen molar-refractivity contribution in [3.05, 3.63) is 65.9 Å². The van der Waals surface area contributed by atoms with Gasteiger partial charge in [0.05, 0.1) is 24.3 Å². The predicted octanol–water partition coefficient (Wildman–Crippen LogP) is 2.19. The topological polar surface area (TPSA) is 101 Å². The molecule has 0 spiro atoms. The minimum atomic E-state index is -0.537. The summed E-state index contributed by atoms with van der Waals surface area (Å²) in [5.41, 5.74) is 9.28. The number of rotatable bonds is 6. The fourth-order valence-corrected chi connectivity index (χ4v) is 4.18. The molecule has 30 heavy (non-hydrogen) atoms. The molecule has 1 aliphatic heterocycles. The van der Waals surface area contributed by atoms with E-state index in [0.717, 1.165) is 34.1 Å². The van der Waals surface area contributed by atoms with Crippen LogP contribution in [0.5, 0.6) is 0 Å². The molecule has 3 N–H and O–H groups in total. The number of hydrogen-bond donors (Lipinski definition) is 2. The number of carbonyl (C=O) groups is 2. The van der Waals surface area contributed by atoms with Gasteiger partial charge in [0.2, 0.25) is 11.8 Å². The maximum Gasteiger partial charge on any atom is 0.234 e. The van der Waals surface area contributed by atoms with Gasteiger partial charge in [-0.1, -0.05) is 36.4 Å². The van der Waals surface area contributed by atoms with Gasteiger partial charge in [-0.15, -0.1) is 0 Å². The zero-order valence-corrected chi connectivity index (χ0v) is 16.9. The molecule has 0 saturated carbocycles. The van der Waals surface area contributed by atoms with Crippen molar-refractivity contribution in [1.82, 2.24) is 15.5 Å². The minimum Gasteiger partial charge on any atom is -0.368 e. The Kier molecular flexibility index (Phi) is 5.72. The van der Waals surface area contributed by atoms with Crippen molar-refractivity contribution in [2.75, 3.05) is 11.9 Å². The average Bonchev–Trinajstić information content (AvgIpc) is 2.89. The number of primary amides is 1. The smallest absolute Gasteiger partial charge is 0.234 e. The zero-order chi connectivity index (χ0) is 21.1. The van der Waals surface area contributed by atoms with Crippen molar-refractivity contribution in [3.63, 3.8) is 0 Å². The normalized spacial score (nSPS) is 17.4. The summed E-state index contributed by atoms with van der Waals surface area (Å²) >= 11 is 0. The highest BCUT2D eigenvalue weighted by Gasteiger charge is 2.33. The predicted molar refractivity (Wildman–Crippen MR) is 116 cm³/mol. The maximum atomic E-state index is 13.6. The number of nitrogens with two attached hydrogens (primary N) is 1. The molecule has 154 valence electrons. The maximum absolute atomic E-state index is 13.6. The number of nitrogens with zero attached hydrogens (tertiary/aromatic N) is 3. The molecule has 2 atom stereocenters. The Balaban J connectivity index is 1.72. The number of benzene rings is 2. The number of hydrogen-bond acceptors (Lipinski definition) is 5. The SMILES string of the molecule is CN[C@@H](C[C@@H]1CCc2ccccc2N(Cc2cnnc3ccccc23)C1=O)C(N)=O. The van der Waals surface area contributed by atoms with Crippen LogP contribution in [0.4, 0.5) is 5.69 Å². The first-order valence-electron chi connectivity index (χ1n) is 10.1. The van der Waals surface area contributed by atoms with Crippen LogP contribution in [0.2, 0.25) is 0 Å². The molecule has 1 aromatic heterocycles. The van der Waals surface area contributed by atoms with Gasteiger partial charge < -0.3 is 16.0 Å². The lowest BCUT2D eigenvalue weighted by atomic mass is 9.93. The Hall–Kier alpha value is -3.32. The Bertz CT molecular complexity index is 1080. The molecule has 0 radical (unpaired) electrons. The minimum absolute atomic E-state index is 0.00217. The van der Waals surface area contributed by atoms with Crippen molar-refractivity contribution in [1.29, 1.82) is 0 Å². The van der Waals surface area contributed by atoms with Gasteiger partial charge in [-0.2, -0.15) is 10.2 Å². The zero-order valence-electron chi connectivity index (χ0n) is 16.9. The van der Waals surface area contributed by atoms with Gasteiger partial charge in [0.1, 0.15) is 0 Å². The molecule has 2 aromatic carbocycles. The molecule has 0 fully saturated rings. The highest BCUT2D eigenvalue weighted by atomic mass is 16.2. The van der Waals surface area contributed by atoms with Gasteiger partial charge in [0, 0.05) is 22.6 Å². The Labute approximate surface area is 175 Å². The highest BCUT2D eigenvalue weighted by molar-refractivity contribution is 5.97. The molecule has 2 amide bonds. The van der Waals surface area contributed by atoms with Gasteiger partial charge in [0.25, 0.3) is 0 Å². The van der Waals surface area contributed by atoms with Crippen molar-refractivity contribution < 1.29 is 9.59 Å². The molecule has 3 aromatic rings. The third-order valence-electron chi connectivity index (χ3n) is 5.83. The molecule has 1 aliphatic rings. The fourth-order valence-electron chi connectivity index (χ4n) is 4.18. The molecule has 7 nitrogen and oxygen atoms in total. The van der Waals surface area contributed by atoms with E-state index < -0.39 is 11.9 Å². The summed E-state index contributed by atoms with van der Waals surface area (Å²) < 4.78 is 0. The number of para-hydroxylation sites is 1. The third kappa shape index (κ3) is 3.89. The van der Waals surface area contributed by atoms with Crippen molar-refractivity contribution >= 4 is 28.4 Å². The number of likely N-dealkylation sites (N-methyl/N-ethyl adjacent to an activating group) is 1. The quantitative estimate of drug-likeness (QED) is 0.657. The van der Waals surface area contributed by atoms with E-state index in [4.69, 9.17) is 5.73 Å². The van der Waals surface area contributed by atoms with E-state index in [1.807, 2.05) is 47.4 Å². The largest absolute Gasteiger partial charge is 0.368 e. The molecule has 0 saturated heterocycles. The molecule has 2 heterocycles. The van der Waals surface area contributed by atoms with Gasteiger partial charge in [-0.3, -0.25) is 9.59 Å². The van der Waals surface area contributed by atoms with Gasteiger partial charge in [0.15, 0.2) is 0 Å². The fraction of sp³-hybridized carbons (Fsp3) is 0.304. The number of nitrogens with one attached hydrogen (secondary N) is 1. The van der Waals surface area contributed by atoms with E-state index >= 15 is 0 Å². The second kappa shape index (κ2) is 8.59. The van der Waals surface area contributed by atoms with E-state index in [9.17, 15) is 9.59 Å². The first-order chi connectivity index (χ1) is 14.6.